The van der Waals surface area contributed by atoms with E-state index in [0.717, 1.165) is 37.3 Å². The molecule has 1 aliphatic heterocycles. The zero-order valence-electron chi connectivity index (χ0n) is 12.2. The molecule has 0 radical (unpaired) electrons. The minimum atomic E-state index is -3.79. The van der Waals surface area contributed by atoms with Crippen LogP contribution in [0.1, 0.15) is 19.3 Å². The van der Waals surface area contributed by atoms with E-state index in [-0.39, 0.29) is 4.90 Å². The van der Waals surface area contributed by atoms with Gasteiger partial charge in [0.15, 0.2) is 5.82 Å². The number of benzene rings is 1. The molecule has 0 atom stereocenters. The fraction of sp³-hybridized carbons (Fsp3) is 0.357. The van der Waals surface area contributed by atoms with Crippen molar-refractivity contribution in [2.75, 3.05) is 18.0 Å². The second-order valence-corrected chi connectivity index (χ2v) is 8.16. The van der Waals surface area contributed by atoms with Crippen molar-refractivity contribution in [3.63, 3.8) is 0 Å². The van der Waals surface area contributed by atoms with E-state index in [1.54, 1.807) is 12.4 Å². The van der Waals surface area contributed by atoms with Crippen LogP contribution in [0.25, 0.3) is 16.7 Å². The van der Waals surface area contributed by atoms with Crippen molar-refractivity contribution in [2.45, 2.75) is 24.2 Å². The third-order valence-corrected chi connectivity index (χ3v) is 5.47. The first-order valence-electron chi connectivity index (χ1n) is 7.37. The highest BCUT2D eigenvalue weighted by atomic mass is 35.7. The molecule has 1 aliphatic rings. The van der Waals surface area contributed by atoms with Gasteiger partial charge in [-0.3, -0.25) is 4.40 Å². The third kappa shape index (κ3) is 2.51. The molecule has 1 aromatic carbocycles. The summed E-state index contributed by atoms with van der Waals surface area (Å²) in [5.41, 5.74) is 1.98. The Morgan fingerprint density at radius 2 is 1.91 bits per heavy atom. The van der Waals surface area contributed by atoms with Crippen molar-refractivity contribution in [2.24, 2.45) is 0 Å². The zero-order valence-corrected chi connectivity index (χ0v) is 13.8. The number of fused-ring (bicyclic) bond motifs is 3. The molecule has 0 N–H and O–H groups in total. The van der Waals surface area contributed by atoms with Gasteiger partial charge in [-0.05, 0) is 37.5 Å². The zero-order chi connectivity index (χ0) is 16.0. The topological polar surface area (TPSA) is 80.5 Å². The molecule has 2 aromatic heterocycles. The second kappa shape index (κ2) is 5.31. The van der Waals surface area contributed by atoms with Crippen molar-refractivity contribution in [1.82, 2.24) is 19.6 Å². The lowest BCUT2D eigenvalue weighted by Crippen LogP contribution is -2.30. The molecule has 0 bridgehead atoms. The molecule has 4 rings (SSSR count). The molecule has 1 saturated heterocycles. The first kappa shape index (κ1) is 14.6. The van der Waals surface area contributed by atoms with Gasteiger partial charge in [-0.2, -0.15) is 0 Å². The maximum atomic E-state index is 11.6. The molecule has 3 aromatic rings. The van der Waals surface area contributed by atoms with Gasteiger partial charge in [0.1, 0.15) is 6.33 Å². The summed E-state index contributed by atoms with van der Waals surface area (Å²) in [5.74, 6) is 0.735. The fourth-order valence-corrected chi connectivity index (χ4v) is 3.76. The summed E-state index contributed by atoms with van der Waals surface area (Å²) in [4.78, 5) is 6.87. The van der Waals surface area contributed by atoms with Crippen molar-refractivity contribution >= 4 is 42.2 Å². The lowest BCUT2D eigenvalue weighted by molar-refractivity contribution is 0.574. The fourth-order valence-electron chi connectivity index (χ4n) is 2.99. The summed E-state index contributed by atoms with van der Waals surface area (Å²) in [6.07, 6.45) is 5.04. The summed E-state index contributed by atoms with van der Waals surface area (Å²) in [6, 6.07) is 4.63. The predicted octanol–water partition coefficient (Wildman–Crippen LogP) is 2.20. The smallest absolute Gasteiger partial charge is 0.261 e. The summed E-state index contributed by atoms with van der Waals surface area (Å²) >= 11 is 0. The van der Waals surface area contributed by atoms with Gasteiger partial charge in [-0.1, -0.05) is 0 Å². The number of anilines is 1. The average molecular weight is 352 g/mol. The van der Waals surface area contributed by atoms with Gasteiger partial charge in [0.05, 0.1) is 15.9 Å². The molecule has 0 aliphatic carbocycles. The van der Waals surface area contributed by atoms with Crippen molar-refractivity contribution in [3.05, 3.63) is 24.5 Å². The van der Waals surface area contributed by atoms with Crippen LogP contribution < -0.4 is 4.90 Å². The number of halogens is 1. The van der Waals surface area contributed by atoms with Crippen molar-refractivity contribution in [3.8, 4) is 0 Å². The van der Waals surface area contributed by atoms with Gasteiger partial charge in [0.2, 0.25) is 5.65 Å². The standard InChI is InChI=1S/C14H14ClN5O2S/c15-23(21,22)10-4-5-12-11(8-10)17-13(14-18-16-9-20(12)14)19-6-2-1-3-7-19/h4-5,8-9H,1-3,6-7H2. The Bertz CT molecular complexity index is 995. The van der Waals surface area contributed by atoms with Crippen LogP contribution in [0.3, 0.4) is 0 Å². The third-order valence-electron chi connectivity index (χ3n) is 4.12. The van der Waals surface area contributed by atoms with Gasteiger partial charge in [-0.15, -0.1) is 10.2 Å². The Kier molecular flexibility index (Phi) is 3.38. The first-order valence-corrected chi connectivity index (χ1v) is 9.68. The van der Waals surface area contributed by atoms with E-state index in [1.807, 2.05) is 4.40 Å². The molecule has 0 spiro atoms. The molecule has 120 valence electrons. The lowest BCUT2D eigenvalue weighted by atomic mass is 10.1. The molecule has 7 nitrogen and oxygen atoms in total. The minimum absolute atomic E-state index is 0.0381. The largest absolute Gasteiger partial charge is 0.353 e. The van der Waals surface area contributed by atoms with E-state index in [0.29, 0.717) is 11.2 Å². The molecule has 0 unspecified atom stereocenters. The summed E-state index contributed by atoms with van der Waals surface area (Å²) < 4.78 is 25.0. The maximum Gasteiger partial charge on any atom is 0.261 e. The van der Waals surface area contributed by atoms with Crippen LogP contribution >= 0.6 is 10.7 Å². The Balaban J connectivity index is 1.98. The number of aromatic nitrogens is 4. The predicted molar refractivity (Wildman–Crippen MR) is 87.4 cm³/mol. The summed E-state index contributed by atoms with van der Waals surface area (Å²) in [7, 11) is 1.65. The second-order valence-electron chi connectivity index (χ2n) is 5.60. The Morgan fingerprint density at radius 3 is 2.65 bits per heavy atom. The first-order chi connectivity index (χ1) is 11.0. The molecule has 3 heterocycles. The Morgan fingerprint density at radius 1 is 1.13 bits per heavy atom. The quantitative estimate of drug-likeness (QED) is 0.658. The summed E-state index contributed by atoms with van der Waals surface area (Å²) in [5, 5.41) is 8.16. The number of hydrogen-bond donors (Lipinski definition) is 0. The molecule has 23 heavy (non-hydrogen) atoms. The van der Waals surface area contributed by atoms with Crippen LogP contribution in [-0.2, 0) is 9.05 Å². The number of nitrogens with zero attached hydrogens (tertiary/aromatic N) is 5. The molecule has 9 heteroatoms. The Hall–Kier alpha value is -1.93. The van der Waals surface area contributed by atoms with E-state index in [1.165, 1.54) is 18.6 Å². The molecule has 1 fully saturated rings. The van der Waals surface area contributed by atoms with E-state index in [4.69, 9.17) is 10.7 Å². The number of hydrogen-bond acceptors (Lipinski definition) is 6. The van der Waals surface area contributed by atoms with E-state index in [2.05, 4.69) is 20.1 Å². The number of rotatable bonds is 2. The van der Waals surface area contributed by atoms with Crippen LogP contribution in [0.2, 0.25) is 0 Å². The highest BCUT2D eigenvalue weighted by Gasteiger charge is 2.20. The monoisotopic (exact) mass is 351 g/mol. The van der Waals surface area contributed by atoms with Crippen LogP contribution in [0.4, 0.5) is 5.82 Å². The average Bonchev–Trinajstić information content (AvgIpc) is 3.03. The van der Waals surface area contributed by atoms with E-state index >= 15 is 0 Å². The van der Waals surface area contributed by atoms with Gasteiger partial charge < -0.3 is 4.90 Å². The number of piperidine rings is 1. The lowest BCUT2D eigenvalue weighted by Gasteiger charge is -2.28. The van der Waals surface area contributed by atoms with Gasteiger partial charge in [0, 0.05) is 23.8 Å². The van der Waals surface area contributed by atoms with Crippen LogP contribution in [0.5, 0.6) is 0 Å². The highest BCUT2D eigenvalue weighted by molar-refractivity contribution is 8.13. The Labute approximate surface area is 137 Å². The van der Waals surface area contributed by atoms with Crippen LogP contribution in [0, 0.1) is 0 Å². The van der Waals surface area contributed by atoms with E-state index < -0.39 is 9.05 Å². The molecular weight excluding hydrogens is 338 g/mol. The van der Waals surface area contributed by atoms with E-state index in [9.17, 15) is 8.42 Å². The maximum absolute atomic E-state index is 11.6. The summed E-state index contributed by atoms with van der Waals surface area (Å²) in [6.45, 7) is 1.82. The molecular formula is C14H14ClN5O2S. The van der Waals surface area contributed by atoms with Gasteiger partial charge in [-0.25, -0.2) is 13.4 Å². The highest BCUT2D eigenvalue weighted by Crippen LogP contribution is 2.27. The minimum Gasteiger partial charge on any atom is -0.353 e. The van der Waals surface area contributed by atoms with Gasteiger partial charge >= 0.3 is 0 Å². The van der Waals surface area contributed by atoms with Crippen LogP contribution in [-0.4, -0.2) is 41.1 Å². The van der Waals surface area contributed by atoms with Crippen molar-refractivity contribution in [1.29, 1.82) is 0 Å². The van der Waals surface area contributed by atoms with Crippen LogP contribution in [0.15, 0.2) is 29.4 Å². The van der Waals surface area contributed by atoms with Gasteiger partial charge in [0.25, 0.3) is 9.05 Å². The molecule has 0 amide bonds. The molecule has 0 saturated carbocycles. The normalized spacial score (nSPS) is 16.3. The SMILES string of the molecule is O=S(=O)(Cl)c1ccc2c(c1)nc(N1CCCCC1)c1nncn12. The van der Waals surface area contributed by atoms with Crippen molar-refractivity contribution < 1.29 is 8.42 Å².